The number of rotatable bonds is 5. The number of nitrogens with two attached hydrogens (primary N) is 1. The van der Waals surface area contributed by atoms with Crippen LogP contribution in [-0.2, 0) is 0 Å². The van der Waals surface area contributed by atoms with E-state index >= 15 is 0 Å². The van der Waals surface area contributed by atoms with E-state index in [0.717, 1.165) is 23.7 Å². The van der Waals surface area contributed by atoms with Crippen LogP contribution in [0.15, 0.2) is 36.4 Å². The summed E-state index contributed by atoms with van der Waals surface area (Å²) in [6.07, 6.45) is 0. The molecule has 0 fully saturated rings. The summed E-state index contributed by atoms with van der Waals surface area (Å²) in [6.45, 7) is 7.79. The molecule has 0 atom stereocenters. The summed E-state index contributed by atoms with van der Waals surface area (Å²) in [4.78, 5) is 2.16. The van der Waals surface area contributed by atoms with Crippen molar-refractivity contribution in [3.63, 3.8) is 0 Å². The second kappa shape index (κ2) is 6.53. The van der Waals surface area contributed by atoms with Crippen molar-refractivity contribution in [3.8, 4) is 5.75 Å². The van der Waals surface area contributed by atoms with Crippen molar-refractivity contribution in [2.24, 2.45) is 0 Å². The predicted molar refractivity (Wildman–Crippen MR) is 90.3 cm³/mol. The van der Waals surface area contributed by atoms with E-state index in [1.165, 1.54) is 16.7 Å². The molecule has 2 N–H and O–H groups in total. The van der Waals surface area contributed by atoms with E-state index in [-0.39, 0.29) is 0 Å². The van der Waals surface area contributed by atoms with Crippen molar-refractivity contribution in [1.29, 1.82) is 0 Å². The lowest BCUT2D eigenvalue weighted by Gasteiger charge is -2.20. The Hall–Kier alpha value is -2.16. The van der Waals surface area contributed by atoms with Gasteiger partial charge in [0.15, 0.2) is 0 Å². The minimum Gasteiger partial charge on any atom is -0.491 e. The Morgan fingerprint density at radius 2 is 1.57 bits per heavy atom. The van der Waals surface area contributed by atoms with Crippen LogP contribution >= 0.6 is 0 Å². The van der Waals surface area contributed by atoms with Gasteiger partial charge in [0.05, 0.1) is 6.54 Å². The topological polar surface area (TPSA) is 38.5 Å². The Balaban J connectivity index is 1.94. The zero-order valence-corrected chi connectivity index (χ0v) is 13.3. The van der Waals surface area contributed by atoms with E-state index in [4.69, 9.17) is 10.5 Å². The number of hydrogen-bond acceptors (Lipinski definition) is 3. The maximum atomic E-state index is 5.97. The van der Waals surface area contributed by atoms with Crippen molar-refractivity contribution >= 4 is 11.4 Å². The highest BCUT2D eigenvalue weighted by molar-refractivity contribution is 5.52. The number of nitrogen functional groups attached to an aromatic ring is 1. The Bertz CT molecular complexity index is 582. The summed E-state index contributed by atoms with van der Waals surface area (Å²) in [5, 5.41) is 0. The van der Waals surface area contributed by atoms with Gasteiger partial charge in [-0.3, -0.25) is 0 Å². The van der Waals surface area contributed by atoms with Crippen molar-refractivity contribution in [2.45, 2.75) is 20.8 Å². The third-order valence-corrected chi connectivity index (χ3v) is 3.61. The standard InChI is InChI=1S/C18H24N2O/c1-13-11-14(2)18(15(3)12-13)21-10-9-20(4)17-7-5-16(19)6-8-17/h5-8,11-12H,9-10,19H2,1-4H3. The fraction of sp³-hybridized carbons (Fsp3) is 0.333. The molecule has 0 unspecified atom stereocenters. The smallest absolute Gasteiger partial charge is 0.125 e. The molecule has 0 aromatic heterocycles. The van der Waals surface area contributed by atoms with Crippen LogP contribution in [0.5, 0.6) is 5.75 Å². The van der Waals surface area contributed by atoms with Gasteiger partial charge >= 0.3 is 0 Å². The van der Waals surface area contributed by atoms with Gasteiger partial charge in [0.2, 0.25) is 0 Å². The van der Waals surface area contributed by atoms with E-state index in [0.29, 0.717) is 6.61 Å². The summed E-state index contributed by atoms with van der Waals surface area (Å²) in [5.74, 6) is 1.01. The maximum Gasteiger partial charge on any atom is 0.125 e. The Morgan fingerprint density at radius 1 is 1.00 bits per heavy atom. The van der Waals surface area contributed by atoms with E-state index in [9.17, 15) is 0 Å². The van der Waals surface area contributed by atoms with Gasteiger partial charge in [0.25, 0.3) is 0 Å². The second-order valence-corrected chi connectivity index (χ2v) is 5.59. The van der Waals surface area contributed by atoms with Crippen molar-refractivity contribution in [2.75, 3.05) is 30.8 Å². The number of aryl methyl sites for hydroxylation is 3. The molecule has 2 rings (SSSR count). The van der Waals surface area contributed by atoms with Gasteiger partial charge in [-0.05, 0) is 56.2 Å². The van der Waals surface area contributed by atoms with Crippen molar-refractivity contribution < 1.29 is 4.74 Å². The molecule has 0 saturated heterocycles. The highest BCUT2D eigenvalue weighted by Crippen LogP contribution is 2.24. The number of likely N-dealkylation sites (N-methyl/N-ethyl adjacent to an activating group) is 1. The Morgan fingerprint density at radius 3 is 2.14 bits per heavy atom. The number of benzene rings is 2. The minimum atomic E-state index is 0.658. The highest BCUT2D eigenvalue weighted by atomic mass is 16.5. The maximum absolute atomic E-state index is 5.97. The molecule has 3 heteroatoms. The molecule has 21 heavy (non-hydrogen) atoms. The molecular formula is C18H24N2O. The zero-order valence-electron chi connectivity index (χ0n) is 13.3. The average Bonchev–Trinajstić information content (AvgIpc) is 2.42. The lowest BCUT2D eigenvalue weighted by Crippen LogP contribution is -2.24. The number of nitrogens with zero attached hydrogens (tertiary/aromatic N) is 1. The van der Waals surface area contributed by atoms with Crippen LogP contribution in [0.2, 0.25) is 0 Å². The summed E-state index contributed by atoms with van der Waals surface area (Å²) < 4.78 is 5.97. The third-order valence-electron chi connectivity index (χ3n) is 3.61. The summed E-state index contributed by atoms with van der Waals surface area (Å²) in [5.41, 5.74) is 11.3. The molecule has 0 bridgehead atoms. The second-order valence-electron chi connectivity index (χ2n) is 5.59. The van der Waals surface area contributed by atoms with Crippen LogP contribution in [0.4, 0.5) is 11.4 Å². The van der Waals surface area contributed by atoms with Crippen LogP contribution in [0.25, 0.3) is 0 Å². The van der Waals surface area contributed by atoms with Crippen LogP contribution in [0.3, 0.4) is 0 Å². The fourth-order valence-corrected chi connectivity index (χ4v) is 2.54. The number of anilines is 2. The quantitative estimate of drug-likeness (QED) is 0.851. The SMILES string of the molecule is Cc1cc(C)c(OCCN(C)c2ccc(N)cc2)c(C)c1. The number of ether oxygens (including phenoxy) is 1. The first kappa shape index (κ1) is 15.2. The molecule has 0 amide bonds. The van der Waals surface area contributed by atoms with E-state index in [1.54, 1.807) is 0 Å². The molecule has 0 aliphatic rings. The first-order chi connectivity index (χ1) is 9.97. The molecular weight excluding hydrogens is 260 g/mol. The summed E-state index contributed by atoms with van der Waals surface area (Å²) in [6, 6.07) is 12.2. The van der Waals surface area contributed by atoms with Gasteiger partial charge in [-0.25, -0.2) is 0 Å². The van der Waals surface area contributed by atoms with Gasteiger partial charge in [-0.15, -0.1) is 0 Å². The van der Waals surface area contributed by atoms with Gasteiger partial charge in [-0.1, -0.05) is 17.7 Å². The van der Waals surface area contributed by atoms with Gasteiger partial charge in [-0.2, -0.15) is 0 Å². The minimum absolute atomic E-state index is 0.658. The van der Waals surface area contributed by atoms with Crippen molar-refractivity contribution in [1.82, 2.24) is 0 Å². The molecule has 2 aromatic rings. The lowest BCUT2D eigenvalue weighted by molar-refractivity contribution is 0.321. The molecule has 0 heterocycles. The van der Waals surface area contributed by atoms with Gasteiger partial charge in [0, 0.05) is 18.4 Å². The van der Waals surface area contributed by atoms with Gasteiger partial charge < -0.3 is 15.4 Å². The normalized spacial score (nSPS) is 10.5. The average molecular weight is 284 g/mol. The fourth-order valence-electron chi connectivity index (χ4n) is 2.54. The number of hydrogen-bond donors (Lipinski definition) is 1. The lowest BCUT2D eigenvalue weighted by atomic mass is 10.1. The van der Waals surface area contributed by atoms with Crippen LogP contribution in [-0.4, -0.2) is 20.2 Å². The first-order valence-corrected chi connectivity index (χ1v) is 7.24. The summed E-state index contributed by atoms with van der Waals surface area (Å²) in [7, 11) is 2.06. The first-order valence-electron chi connectivity index (χ1n) is 7.24. The summed E-state index contributed by atoms with van der Waals surface area (Å²) >= 11 is 0. The predicted octanol–water partition coefficient (Wildman–Crippen LogP) is 3.71. The monoisotopic (exact) mass is 284 g/mol. The molecule has 0 aliphatic carbocycles. The van der Waals surface area contributed by atoms with E-state index in [1.807, 2.05) is 24.3 Å². The molecule has 112 valence electrons. The highest BCUT2D eigenvalue weighted by Gasteiger charge is 2.06. The van der Waals surface area contributed by atoms with E-state index in [2.05, 4.69) is 44.9 Å². The van der Waals surface area contributed by atoms with Crippen LogP contribution in [0.1, 0.15) is 16.7 Å². The largest absolute Gasteiger partial charge is 0.491 e. The third kappa shape index (κ3) is 3.91. The van der Waals surface area contributed by atoms with Gasteiger partial charge in [0.1, 0.15) is 12.4 Å². The van der Waals surface area contributed by atoms with E-state index < -0.39 is 0 Å². The molecule has 2 aromatic carbocycles. The molecule has 0 aliphatic heterocycles. The van der Waals surface area contributed by atoms with Crippen LogP contribution < -0.4 is 15.4 Å². The molecule has 3 nitrogen and oxygen atoms in total. The van der Waals surface area contributed by atoms with Crippen molar-refractivity contribution in [3.05, 3.63) is 53.1 Å². The zero-order chi connectivity index (χ0) is 15.4. The Kier molecular flexibility index (Phi) is 4.73. The van der Waals surface area contributed by atoms with Crippen LogP contribution in [0, 0.1) is 20.8 Å². The molecule has 0 spiro atoms. The Labute approximate surface area is 127 Å². The molecule has 0 saturated carbocycles. The molecule has 0 radical (unpaired) electrons.